The second-order valence-electron chi connectivity index (χ2n) is 6.57. The van der Waals surface area contributed by atoms with Crippen LogP contribution in [-0.2, 0) is 0 Å². The van der Waals surface area contributed by atoms with Gasteiger partial charge in [-0.2, -0.15) is 0 Å². The summed E-state index contributed by atoms with van der Waals surface area (Å²) < 4.78 is 0. The molecule has 1 saturated carbocycles. The minimum Gasteiger partial charge on any atom is -0.317 e. The Morgan fingerprint density at radius 2 is 1.94 bits per heavy atom. The van der Waals surface area contributed by atoms with Gasteiger partial charge in [-0.05, 0) is 45.2 Å². The van der Waals surface area contributed by atoms with E-state index in [1.165, 1.54) is 25.8 Å². The number of hydrogen-bond acceptors (Lipinski definition) is 2. The van der Waals surface area contributed by atoms with E-state index in [-0.39, 0.29) is 0 Å². The Balaban J connectivity index is 2.47. The molecule has 16 heavy (non-hydrogen) atoms. The molecule has 0 aromatic rings. The molecule has 1 aliphatic rings. The molecule has 0 radical (unpaired) electrons. The number of hydrogen-bond donors (Lipinski definition) is 1. The number of rotatable bonds is 4. The van der Waals surface area contributed by atoms with Gasteiger partial charge in [-0.1, -0.05) is 27.2 Å². The summed E-state index contributed by atoms with van der Waals surface area (Å²) >= 11 is 0. The van der Waals surface area contributed by atoms with Crippen molar-refractivity contribution in [2.24, 2.45) is 11.3 Å². The molecule has 2 nitrogen and oxygen atoms in total. The summed E-state index contributed by atoms with van der Waals surface area (Å²) in [7, 11) is 4.39. The molecule has 0 bridgehead atoms. The fraction of sp³-hybridized carbons (Fsp3) is 1.00. The van der Waals surface area contributed by atoms with E-state index in [9.17, 15) is 0 Å². The first-order valence-electron chi connectivity index (χ1n) is 6.73. The molecule has 0 aromatic carbocycles. The van der Waals surface area contributed by atoms with Gasteiger partial charge in [-0.3, -0.25) is 0 Å². The molecule has 0 heterocycles. The van der Waals surface area contributed by atoms with Crippen molar-refractivity contribution in [3.05, 3.63) is 0 Å². The molecule has 0 aromatic heterocycles. The monoisotopic (exact) mass is 226 g/mol. The molecule has 2 heteroatoms. The zero-order valence-electron chi connectivity index (χ0n) is 12.0. The van der Waals surface area contributed by atoms with Crippen LogP contribution in [-0.4, -0.2) is 37.6 Å². The third kappa shape index (κ3) is 3.46. The second-order valence-corrected chi connectivity index (χ2v) is 6.57. The maximum absolute atomic E-state index is 3.47. The normalized spacial score (nSPS) is 28.7. The van der Waals surface area contributed by atoms with Crippen molar-refractivity contribution in [3.63, 3.8) is 0 Å². The van der Waals surface area contributed by atoms with Crippen LogP contribution in [0.2, 0.25) is 0 Å². The van der Waals surface area contributed by atoms with Crippen molar-refractivity contribution < 1.29 is 0 Å². The van der Waals surface area contributed by atoms with E-state index in [0.717, 1.165) is 12.0 Å². The van der Waals surface area contributed by atoms with Crippen LogP contribution in [0.15, 0.2) is 0 Å². The van der Waals surface area contributed by atoms with Gasteiger partial charge >= 0.3 is 0 Å². The lowest BCUT2D eigenvalue weighted by Gasteiger charge is -2.37. The van der Waals surface area contributed by atoms with E-state index in [1.54, 1.807) is 0 Å². The maximum Gasteiger partial charge on any atom is 0.0112 e. The molecule has 0 spiro atoms. The zero-order valence-corrected chi connectivity index (χ0v) is 12.0. The highest BCUT2D eigenvalue weighted by Gasteiger charge is 2.30. The molecule has 0 aliphatic heterocycles. The molecule has 3 unspecified atom stereocenters. The van der Waals surface area contributed by atoms with Crippen LogP contribution >= 0.6 is 0 Å². The summed E-state index contributed by atoms with van der Waals surface area (Å²) in [4.78, 5) is 2.54. The van der Waals surface area contributed by atoms with Crippen LogP contribution < -0.4 is 5.32 Å². The highest BCUT2D eigenvalue weighted by Crippen LogP contribution is 2.29. The van der Waals surface area contributed by atoms with Crippen molar-refractivity contribution in [2.75, 3.05) is 20.6 Å². The first kappa shape index (κ1) is 14.0. The highest BCUT2D eigenvalue weighted by atomic mass is 15.1. The summed E-state index contributed by atoms with van der Waals surface area (Å²) in [6, 6.07) is 1.39. The van der Waals surface area contributed by atoms with Crippen LogP contribution in [0.25, 0.3) is 0 Å². The summed E-state index contributed by atoms with van der Waals surface area (Å²) in [5.74, 6) is 0.847. The summed E-state index contributed by atoms with van der Waals surface area (Å²) in [5, 5.41) is 3.47. The molecule has 3 atom stereocenters. The number of nitrogens with zero attached hydrogens (tertiary/aromatic N) is 1. The topological polar surface area (TPSA) is 15.3 Å². The van der Waals surface area contributed by atoms with Crippen molar-refractivity contribution in [3.8, 4) is 0 Å². The molecule has 1 N–H and O–H groups in total. The van der Waals surface area contributed by atoms with E-state index < -0.39 is 0 Å². The first-order valence-corrected chi connectivity index (χ1v) is 6.73. The van der Waals surface area contributed by atoms with Crippen molar-refractivity contribution >= 4 is 0 Å². The van der Waals surface area contributed by atoms with E-state index in [4.69, 9.17) is 0 Å². The number of nitrogens with one attached hydrogen (secondary N) is 1. The van der Waals surface area contributed by atoms with E-state index in [2.05, 4.69) is 52.0 Å². The molecular weight excluding hydrogens is 196 g/mol. The minimum absolute atomic E-state index is 0.377. The largest absolute Gasteiger partial charge is 0.317 e. The average Bonchev–Trinajstić information content (AvgIpc) is 2.62. The molecule has 1 rings (SSSR count). The molecule has 1 fully saturated rings. The van der Waals surface area contributed by atoms with Crippen molar-refractivity contribution in [1.82, 2.24) is 10.2 Å². The standard InChI is InChI=1S/C14H30N2/c1-11(14(2,3)4)16(6)10-12-8-7-9-13(12)15-5/h11-13,15H,7-10H2,1-6H3. The first-order chi connectivity index (χ1) is 7.36. The second kappa shape index (κ2) is 5.50. The smallest absolute Gasteiger partial charge is 0.0112 e. The quantitative estimate of drug-likeness (QED) is 0.793. The predicted molar refractivity (Wildman–Crippen MR) is 71.7 cm³/mol. The SMILES string of the molecule is CNC1CCCC1CN(C)C(C)C(C)(C)C. The van der Waals surface area contributed by atoms with Gasteiger partial charge in [-0.15, -0.1) is 0 Å². The van der Waals surface area contributed by atoms with Gasteiger partial charge in [0.2, 0.25) is 0 Å². The summed E-state index contributed by atoms with van der Waals surface area (Å²) in [5.41, 5.74) is 0.377. The van der Waals surface area contributed by atoms with Crippen LogP contribution in [0.5, 0.6) is 0 Å². The van der Waals surface area contributed by atoms with E-state index in [0.29, 0.717) is 11.5 Å². The Morgan fingerprint density at radius 1 is 1.31 bits per heavy atom. The van der Waals surface area contributed by atoms with Gasteiger partial charge < -0.3 is 10.2 Å². The maximum atomic E-state index is 3.47. The van der Waals surface area contributed by atoms with Crippen LogP contribution in [0.1, 0.15) is 47.0 Å². The Kier molecular flexibility index (Phi) is 4.81. The Labute approximate surface area is 102 Å². The lowest BCUT2D eigenvalue weighted by molar-refractivity contribution is 0.118. The third-order valence-electron chi connectivity index (χ3n) is 4.47. The molecule has 96 valence electrons. The van der Waals surface area contributed by atoms with Crippen molar-refractivity contribution in [1.29, 1.82) is 0 Å². The van der Waals surface area contributed by atoms with Crippen LogP contribution in [0.3, 0.4) is 0 Å². The third-order valence-corrected chi connectivity index (χ3v) is 4.47. The lowest BCUT2D eigenvalue weighted by atomic mass is 9.86. The van der Waals surface area contributed by atoms with Gasteiger partial charge in [-0.25, -0.2) is 0 Å². The fourth-order valence-corrected chi connectivity index (χ4v) is 2.82. The van der Waals surface area contributed by atoms with Gasteiger partial charge in [0.1, 0.15) is 0 Å². The lowest BCUT2D eigenvalue weighted by Crippen LogP contribution is -2.44. The zero-order chi connectivity index (χ0) is 12.3. The Morgan fingerprint density at radius 3 is 2.44 bits per heavy atom. The average molecular weight is 226 g/mol. The predicted octanol–water partition coefficient (Wildman–Crippen LogP) is 2.74. The molecule has 0 amide bonds. The van der Waals surface area contributed by atoms with Gasteiger partial charge in [0.15, 0.2) is 0 Å². The molecule has 0 saturated heterocycles. The van der Waals surface area contributed by atoms with Crippen LogP contribution in [0.4, 0.5) is 0 Å². The van der Waals surface area contributed by atoms with Gasteiger partial charge in [0, 0.05) is 18.6 Å². The Hall–Kier alpha value is -0.0800. The van der Waals surface area contributed by atoms with E-state index >= 15 is 0 Å². The highest BCUT2D eigenvalue weighted by molar-refractivity contribution is 4.86. The van der Waals surface area contributed by atoms with E-state index in [1.807, 2.05) is 0 Å². The van der Waals surface area contributed by atoms with Gasteiger partial charge in [0.25, 0.3) is 0 Å². The molecular formula is C14H30N2. The van der Waals surface area contributed by atoms with Gasteiger partial charge in [0.05, 0.1) is 0 Å². The fourth-order valence-electron chi connectivity index (χ4n) is 2.82. The van der Waals surface area contributed by atoms with Crippen molar-refractivity contribution in [2.45, 2.75) is 59.0 Å². The Bertz CT molecular complexity index is 207. The summed E-state index contributed by atoms with van der Waals surface area (Å²) in [6.07, 6.45) is 4.15. The van der Waals surface area contributed by atoms with Crippen LogP contribution in [0, 0.1) is 11.3 Å². The molecule has 1 aliphatic carbocycles. The summed E-state index contributed by atoms with van der Waals surface area (Å²) in [6.45, 7) is 10.6. The minimum atomic E-state index is 0.377.